The first-order valence-corrected chi connectivity index (χ1v) is 9.86. The lowest BCUT2D eigenvalue weighted by atomic mass is 10.2. The molecule has 1 aliphatic heterocycles. The van der Waals surface area contributed by atoms with Gasteiger partial charge in [-0.2, -0.15) is 11.8 Å². The van der Waals surface area contributed by atoms with E-state index < -0.39 is 6.10 Å². The molecule has 0 aliphatic carbocycles. The molecule has 1 fully saturated rings. The smallest absolute Gasteiger partial charge is 0.289 e. The van der Waals surface area contributed by atoms with Crippen LogP contribution in [-0.4, -0.2) is 59.4 Å². The van der Waals surface area contributed by atoms with Crippen molar-refractivity contribution in [2.75, 3.05) is 32.4 Å². The van der Waals surface area contributed by atoms with Crippen LogP contribution in [0.5, 0.6) is 0 Å². The monoisotopic (exact) mass is 360 g/mol. The second-order valence-electron chi connectivity index (χ2n) is 6.32. The van der Waals surface area contributed by atoms with E-state index in [2.05, 4.69) is 17.0 Å². The van der Waals surface area contributed by atoms with E-state index in [-0.39, 0.29) is 5.91 Å². The molecule has 2 aromatic rings. The van der Waals surface area contributed by atoms with Gasteiger partial charge in [-0.15, -0.1) is 0 Å². The van der Waals surface area contributed by atoms with Gasteiger partial charge in [0.05, 0.1) is 11.9 Å². The molecule has 0 saturated carbocycles. The average Bonchev–Trinajstić information content (AvgIpc) is 2.99. The van der Waals surface area contributed by atoms with E-state index >= 15 is 0 Å². The maximum absolute atomic E-state index is 12.7. The highest BCUT2D eigenvalue weighted by atomic mass is 32.2. The summed E-state index contributed by atoms with van der Waals surface area (Å²) < 4.78 is 5.63. The van der Waals surface area contributed by atoms with Crippen LogP contribution in [0, 0.1) is 0 Å². The van der Waals surface area contributed by atoms with E-state index in [1.54, 1.807) is 22.7 Å². The fraction of sp³-hybridized carbons (Fsp3) is 0.421. The van der Waals surface area contributed by atoms with Crippen molar-refractivity contribution >= 4 is 17.7 Å². The molecule has 0 bridgehead atoms. The number of carbonyl (C=O) groups is 1. The topological polar surface area (TPSA) is 56.9 Å². The van der Waals surface area contributed by atoms with Crippen LogP contribution in [0.25, 0.3) is 0 Å². The van der Waals surface area contributed by atoms with Gasteiger partial charge in [-0.3, -0.25) is 9.69 Å². The third-order valence-corrected chi connectivity index (χ3v) is 4.85. The standard InChI is InChI=1S/C19H24N2O3S/c1-25-14-17-7-8-18(24-17)19(23)21-10-9-20(12-16(22)13-21)11-15-5-3-2-4-6-15/h2-8,16,22H,9-14H2,1H3/t16-/m1/s1. The van der Waals surface area contributed by atoms with Crippen LogP contribution < -0.4 is 0 Å². The van der Waals surface area contributed by atoms with Gasteiger partial charge in [0, 0.05) is 32.7 Å². The van der Waals surface area contributed by atoms with Gasteiger partial charge in [-0.25, -0.2) is 0 Å². The third-order valence-electron chi connectivity index (χ3n) is 4.28. The van der Waals surface area contributed by atoms with Crippen molar-refractivity contribution < 1.29 is 14.3 Å². The van der Waals surface area contributed by atoms with Crippen molar-refractivity contribution in [3.63, 3.8) is 0 Å². The summed E-state index contributed by atoms with van der Waals surface area (Å²) in [5, 5.41) is 10.3. The highest BCUT2D eigenvalue weighted by Gasteiger charge is 2.26. The highest BCUT2D eigenvalue weighted by molar-refractivity contribution is 7.97. The number of hydrogen-bond acceptors (Lipinski definition) is 5. The number of hydrogen-bond donors (Lipinski definition) is 1. The average molecular weight is 360 g/mol. The van der Waals surface area contributed by atoms with Gasteiger partial charge >= 0.3 is 0 Å². The number of aliphatic hydroxyl groups excluding tert-OH is 1. The van der Waals surface area contributed by atoms with Gasteiger partial charge in [0.2, 0.25) is 0 Å². The Hall–Kier alpha value is -1.76. The minimum Gasteiger partial charge on any atom is -0.455 e. The quantitative estimate of drug-likeness (QED) is 0.888. The van der Waals surface area contributed by atoms with Crippen LogP contribution >= 0.6 is 11.8 Å². The van der Waals surface area contributed by atoms with Crippen molar-refractivity contribution in [2.45, 2.75) is 18.4 Å². The molecule has 1 saturated heterocycles. The Kier molecular flexibility index (Phi) is 6.18. The lowest BCUT2D eigenvalue weighted by molar-refractivity contribution is 0.0633. The molecule has 2 heterocycles. The summed E-state index contributed by atoms with van der Waals surface area (Å²) in [6.45, 7) is 2.99. The molecule has 1 aromatic carbocycles. The molecule has 0 unspecified atom stereocenters. The molecule has 134 valence electrons. The molecule has 0 radical (unpaired) electrons. The number of β-amino-alcohol motifs (C(OH)–C–C–N with tert-alkyl or cyclic N) is 1. The minimum absolute atomic E-state index is 0.145. The minimum atomic E-state index is -0.559. The van der Waals surface area contributed by atoms with Gasteiger partial charge in [-0.1, -0.05) is 30.3 Å². The first-order chi connectivity index (χ1) is 12.2. The molecule has 0 spiro atoms. The van der Waals surface area contributed by atoms with Crippen molar-refractivity contribution in [1.82, 2.24) is 9.80 Å². The van der Waals surface area contributed by atoms with Crippen LogP contribution in [-0.2, 0) is 12.3 Å². The lowest BCUT2D eigenvalue weighted by Gasteiger charge is -2.21. The van der Waals surface area contributed by atoms with E-state index in [1.165, 1.54) is 5.56 Å². The van der Waals surface area contributed by atoms with E-state index in [0.29, 0.717) is 25.4 Å². The van der Waals surface area contributed by atoms with Crippen LogP contribution in [0.15, 0.2) is 46.9 Å². The summed E-state index contributed by atoms with van der Waals surface area (Å²) in [5.41, 5.74) is 1.21. The van der Waals surface area contributed by atoms with Crippen molar-refractivity contribution in [2.24, 2.45) is 0 Å². The Morgan fingerprint density at radius 3 is 2.76 bits per heavy atom. The van der Waals surface area contributed by atoms with Gasteiger partial charge in [0.25, 0.3) is 5.91 Å². The van der Waals surface area contributed by atoms with Crippen LogP contribution in [0.1, 0.15) is 21.9 Å². The van der Waals surface area contributed by atoms with E-state index in [9.17, 15) is 9.90 Å². The number of furan rings is 1. The molecule has 6 heteroatoms. The van der Waals surface area contributed by atoms with E-state index in [4.69, 9.17) is 4.42 Å². The fourth-order valence-electron chi connectivity index (χ4n) is 3.09. The SMILES string of the molecule is CSCc1ccc(C(=O)N2CCN(Cc3ccccc3)C[C@@H](O)C2)o1. The first-order valence-electron chi connectivity index (χ1n) is 8.47. The van der Waals surface area contributed by atoms with E-state index in [1.807, 2.05) is 30.5 Å². The molecule has 1 atom stereocenters. The zero-order valence-corrected chi connectivity index (χ0v) is 15.2. The predicted molar refractivity (Wildman–Crippen MR) is 99.6 cm³/mol. The lowest BCUT2D eigenvalue weighted by Crippen LogP contribution is -2.37. The molecule has 1 aromatic heterocycles. The number of carbonyl (C=O) groups excluding carboxylic acids is 1. The number of amides is 1. The second-order valence-corrected chi connectivity index (χ2v) is 7.19. The van der Waals surface area contributed by atoms with Crippen molar-refractivity contribution in [3.05, 3.63) is 59.5 Å². The first kappa shape index (κ1) is 18.0. The summed E-state index contributed by atoms with van der Waals surface area (Å²) in [6.07, 6.45) is 1.44. The maximum Gasteiger partial charge on any atom is 0.289 e. The molecule has 1 aliphatic rings. The summed E-state index contributed by atoms with van der Waals surface area (Å²) in [7, 11) is 0. The third kappa shape index (κ3) is 4.87. The van der Waals surface area contributed by atoms with Crippen LogP contribution in [0.2, 0.25) is 0 Å². The molecule has 25 heavy (non-hydrogen) atoms. The molecule has 3 rings (SSSR count). The number of rotatable bonds is 5. The predicted octanol–water partition coefficient (Wildman–Crippen LogP) is 2.46. The van der Waals surface area contributed by atoms with Crippen LogP contribution in [0.3, 0.4) is 0 Å². The van der Waals surface area contributed by atoms with Gasteiger partial charge in [0.1, 0.15) is 5.76 Å². The Morgan fingerprint density at radius 2 is 2.00 bits per heavy atom. The molecule has 1 amide bonds. The molecule has 5 nitrogen and oxygen atoms in total. The summed E-state index contributed by atoms with van der Waals surface area (Å²) in [4.78, 5) is 16.6. The molecular formula is C19H24N2O3S. The second kappa shape index (κ2) is 8.56. The Balaban J connectivity index is 1.62. The normalized spacial score (nSPS) is 19.0. The van der Waals surface area contributed by atoms with Crippen molar-refractivity contribution in [1.29, 1.82) is 0 Å². The van der Waals surface area contributed by atoms with Gasteiger partial charge in [0.15, 0.2) is 5.76 Å². The largest absolute Gasteiger partial charge is 0.455 e. The zero-order valence-electron chi connectivity index (χ0n) is 14.4. The van der Waals surface area contributed by atoms with E-state index in [0.717, 1.165) is 24.6 Å². The molecular weight excluding hydrogens is 336 g/mol. The zero-order chi connectivity index (χ0) is 17.6. The van der Waals surface area contributed by atoms with Crippen molar-refractivity contribution in [3.8, 4) is 0 Å². The summed E-state index contributed by atoms with van der Waals surface area (Å²) in [5.74, 6) is 1.76. The summed E-state index contributed by atoms with van der Waals surface area (Å²) >= 11 is 1.65. The van der Waals surface area contributed by atoms with Crippen LogP contribution in [0.4, 0.5) is 0 Å². The van der Waals surface area contributed by atoms with Gasteiger partial charge in [-0.05, 0) is 24.0 Å². The Bertz CT molecular complexity index is 689. The Morgan fingerprint density at radius 1 is 1.20 bits per heavy atom. The highest BCUT2D eigenvalue weighted by Crippen LogP contribution is 2.17. The Labute approximate surface area is 152 Å². The molecule has 1 N–H and O–H groups in total. The number of thioether (sulfide) groups is 1. The van der Waals surface area contributed by atoms with Gasteiger partial charge < -0.3 is 14.4 Å². The maximum atomic E-state index is 12.7. The number of nitrogens with zero attached hydrogens (tertiary/aromatic N) is 2. The summed E-state index contributed by atoms with van der Waals surface area (Å²) in [6, 6.07) is 13.8. The number of benzene rings is 1. The fourth-order valence-corrected chi connectivity index (χ4v) is 3.53. The number of aliphatic hydroxyl groups is 1.